The first-order valence-corrected chi connectivity index (χ1v) is 11.3. The Morgan fingerprint density at radius 1 is 0.970 bits per heavy atom. The molecular weight excluding hydrogens is 420 g/mol. The van der Waals surface area contributed by atoms with Crippen molar-refractivity contribution < 1.29 is 19.1 Å². The molecule has 8 nitrogen and oxygen atoms in total. The third-order valence-corrected chi connectivity index (χ3v) is 5.83. The highest BCUT2D eigenvalue weighted by Gasteiger charge is 2.21. The van der Waals surface area contributed by atoms with Crippen LogP contribution in [-0.2, 0) is 9.59 Å². The van der Waals surface area contributed by atoms with Gasteiger partial charge >= 0.3 is 0 Å². The number of aromatic nitrogens is 1. The van der Waals surface area contributed by atoms with Gasteiger partial charge in [-0.2, -0.15) is 0 Å². The van der Waals surface area contributed by atoms with Crippen molar-refractivity contribution in [1.29, 1.82) is 0 Å². The number of nitrogens with zero attached hydrogens (tertiary/aromatic N) is 2. The van der Waals surface area contributed by atoms with E-state index in [2.05, 4.69) is 15.2 Å². The lowest BCUT2D eigenvalue weighted by Crippen LogP contribution is -2.49. The number of hydrogen-bond donors (Lipinski definition) is 2. The molecule has 1 aliphatic heterocycles. The number of benzene rings is 2. The summed E-state index contributed by atoms with van der Waals surface area (Å²) < 4.78 is 10.9. The SMILES string of the molecule is COc1ccc(OCCN2CCN(C(=O)CCC(=O)Nc3cc4ccccc4[nH]3)CC2)cc1. The van der Waals surface area contributed by atoms with Gasteiger partial charge in [0.25, 0.3) is 0 Å². The Morgan fingerprint density at radius 3 is 2.42 bits per heavy atom. The number of rotatable bonds is 9. The smallest absolute Gasteiger partial charge is 0.225 e. The number of anilines is 1. The average molecular weight is 451 g/mol. The number of methoxy groups -OCH3 is 1. The van der Waals surface area contributed by atoms with Gasteiger partial charge in [0.2, 0.25) is 11.8 Å². The summed E-state index contributed by atoms with van der Waals surface area (Å²) in [5.74, 6) is 2.13. The van der Waals surface area contributed by atoms with Crippen molar-refractivity contribution in [2.45, 2.75) is 12.8 Å². The van der Waals surface area contributed by atoms with Crippen LogP contribution >= 0.6 is 0 Å². The van der Waals surface area contributed by atoms with E-state index in [1.54, 1.807) is 7.11 Å². The van der Waals surface area contributed by atoms with Gasteiger partial charge in [0.1, 0.15) is 23.9 Å². The van der Waals surface area contributed by atoms with E-state index >= 15 is 0 Å². The monoisotopic (exact) mass is 450 g/mol. The van der Waals surface area contributed by atoms with E-state index in [4.69, 9.17) is 9.47 Å². The number of carbonyl (C=O) groups is 2. The van der Waals surface area contributed by atoms with Crippen LogP contribution in [0.4, 0.5) is 5.82 Å². The molecule has 174 valence electrons. The van der Waals surface area contributed by atoms with Gasteiger partial charge in [0, 0.05) is 56.5 Å². The second kappa shape index (κ2) is 10.9. The summed E-state index contributed by atoms with van der Waals surface area (Å²) in [6.45, 7) is 4.35. The van der Waals surface area contributed by atoms with Crippen molar-refractivity contribution >= 4 is 28.5 Å². The molecule has 2 N–H and O–H groups in total. The summed E-state index contributed by atoms with van der Waals surface area (Å²) in [4.78, 5) is 32.1. The zero-order chi connectivity index (χ0) is 23.0. The first kappa shape index (κ1) is 22.7. The Bertz CT molecular complexity index is 1040. The van der Waals surface area contributed by atoms with Crippen LogP contribution in [0.3, 0.4) is 0 Å². The summed E-state index contributed by atoms with van der Waals surface area (Å²) in [7, 11) is 1.64. The van der Waals surface area contributed by atoms with Crippen molar-refractivity contribution in [2.75, 3.05) is 51.8 Å². The van der Waals surface area contributed by atoms with Gasteiger partial charge in [-0.1, -0.05) is 18.2 Å². The summed E-state index contributed by atoms with van der Waals surface area (Å²) >= 11 is 0. The van der Waals surface area contributed by atoms with E-state index in [1.807, 2.05) is 59.5 Å². The maximum Gasteiger partial charge on any atom is 0.225 e. The van der Waals surface area contributed by atoms with Crippen LogP contribution in [0.25, 0.3) is 10.9 Å². The summed E-state index contributed by atoms with van der Waals surface area (Å²) in [6.07, 6.45) is 0.386. The molecule has 8 heteroatoms. The molecule has 1 aromatic heterocycles. The number of carbonyl (C=O) groups excluding carboxylic acids is 2. The number of para-hydroxylation sites is 1. The van der Waals surface area contributed by atoms with Crippen molar-refractivity contribution in [2.24, 2.45) is 0 Å². The minimum absolute atomic E-state index is 0.0240. The number of nitrogens with one attached hydrogen (secondary N) is 2. The van der Waals surface area contributed by atoms with Crippen LogP contribution < -0.4 is 14.8 Å². The molecule has 2 aromatic carbocycles. The minimum atomic E-state index is -0.163. The third kappa shape index (κ3) is 6.26. The molecular formula is C25H30N4O4. The molecule has 1 fully saturated rings. The molecule has 4 rings (SSSR count). The molecule has 0 bridgehead atoms. The lowest BCUT2D eigenvalue weighted by Gasteiger charge is -2.34. The van der Waals surface area contributed by atoms with Crippen LogP contribution in [0.1, 0.15) is 12.8 Å². The van der Waals surface area contributed by atoms with E-state index in [1.165, 1.54) is 0 Å². The molecule has 2 heterocycles. The molecule has 0 saturated carbocycles. The fourth-order valence-corrected chi connectivity index (χ4v) is 3.92. The zero-order valence-electron chi connectivity index (χ0n) is 18.9. The van der Waals surface area contributed by atoms with Gasteiger partial charge in [-0.25, -0.2) is 0 Å². The van der Waals surface area contributed by atoms with Gasteiger partial charge < -0.3 is 24.7 Å². The van der Waals surface area contributed by atoms with E-state index in [9.17, 15) is 9.59 Å². The number of H-pyrrole nitrogens is 1. The van der Waals surface area contributed by atoms with Crippen LogP contribution in [-0.4, -0.2) is 73.0 Å². The largest absolute Gasteiger partial charge is 0.497 e. The Hall–Kier alpha value is -3.52. The second-order valence-electron chi connectivity index (χ2n) is 8.06. The molecule has 2 amide bonds. The number of ether oxygens (including phenoxy) is 2. The highest BCUT2D eigenvalue weighted by molar-refractivity contribution is 5.95. The van der Waals surface area contributed by atoms with Gasteiger partial charge in [-0.05, 0) is 36.4 Å². The molecule has 0 spiro atoms. The maximum absolute atomic E-state index is 12.5. The predicted molar refractivity (Wildman–Crippen MR) is 128 cm³/mol. The molecule has 1 saturated heterocycles. The third-order valence-electron chi connectivity index (χ3n) is 5.83. The zero-order valence-corrected chi connectivity index (χ0v) is 18.9. The van der Waals surface area contributed by atoms with Crippen molar-refractivity contribution in [1.82, 2.24) is 14.8 Å². The van der Waals surface area contributed by atoms with Gasteiger partial charge in [0.15, 0.2) is 0 Å². The lowest BCUT2D eigenvalue weighted by atomic mass is 10.2. The lowest BCUT2D eigenvalue weighted by molar-refractivity contribution is -0.134. The number of amides is 2. The number of aromatic amines is 1. The summed E-state index contributed by atoms with van der Waals surface area (Å²) in [5, 5.41) is 3.88. The quantitative estimate of drug-likeness (QED) is 0.523. The standard InChI is InChI=1S/C25H30N4O4/c1-32-20-6-8-21(9-7-20)33-17-16-28-12-14-29(15-13-28)25(31)11-10-24(30)27-23-18-19-4-2-3-5-22(19)26-23/h2-9,18,26H,10-17H2,1H3,(H,27,30). The van der Waals surface area contributed by atoms with Gasteiger partial charge in [-0.3, -0.25) is 14.5 Å². The maximum atomic E-state index is 12.5. The molecule has 1 aliphatic rings. The fraction of sp³-hybridized carbons (Fsp3) is 0.360. The average Bonchev–Trinajstić information content (AvgIpc) is 3.25. The van der Waals surface area contributed by atoms with Gasteiger partial charge in [-0.15, -0.1) is 0 Å². The normalized spacial score (nSPS) is 14.3. The molecule has 3 aromatic rings. The first-order chi connectivity index (χ1) is 16.1. The van der Waals surface area contributed by atoms with E-state index < -0.39 is 0 Å². The minimum Gasteiger partial charge on any atom is -0.497 e. The summed E-state index contributed by atoms with van der Waals surface area (Å²) in [6, 6.07) is 17.3. The fourth-order valence-electron chi connectivity index (χ4n) is 3.92. The van der Waals surface area contributed by atoms with E-state index in [0.29, 0.717) is 25.5 Å². The van der Waals surface area contributed by atoms with Crippen LogP contribution in [0.5, 0.6) is 11.5 Å². The number of hydrogen-bond acceptors (Lipinski definition) is 5. The molecule has 0 radical (unpaired) electrons. The predicted octanol–water partition coefficient (Wildman–Crippen LogP) is 3.12. The molecule has 33 heavy (non-hydrogen) atoms. The van der Waals surface area contributed by atoms with Gasteiger partial charge in [0.05, 0.1) is 7.11 Å². The molecule has 0 atom stereocenters. The Labute approximate surface area is 193 Å². The van der Waals surface area contributed by atoms with Crippen molar-refractivity contribution in [3.63, 3.8) is 0 Å². The van der Waals surface area contributed by atoms with Crippen LogP contribution in [0.2, 0.25) is 0 Å². The summed E-state index contributed by atoms with van der Waals surface area (Å²) in [5.41, 5.74) is 0.969. The molecule has 0 aliphatic carbocycles. The van der Waals surface area contributed by atoms with Crippen LogP contribution in [0, 0.1) is 0 Å². The Kier molecular flexibility index (Phi) is 7.47. The topological polar surface area (TPSA) is 86.9 Å². The number of piperazine rings is 1. The second-order valence-corrected chi connectivity index (χ2v) is 8.06. The van der Waals surface area contributed by atoms with E-state index in [0.717, 1.165) is 42.0 Å². The molecule has 0 unspecified atom stereocenters. The van der Waals surface area contributed by atoms with Crippen molar-refractivity contribution in [3.05, 3.63) is 54.6 Å². The van der Waals surface area contributed by atoms with E-state index in [-0.39, 0.29) is 24.7 Å². The number of fused-ring (bicyclic) bond motifs is 1. The highest BCUT2D eigenvalue weighted by atomic mass is 16.5. The first-order valence-electron chi connectivity index (χ1n) is 11.3. The Morgan fingerprint density at radius 2 is 1.70 bits per heavy atom. The highest BCUT2D eigenvalue weighted by Crippen LogP contribution is 2.19. The van der Waals surface area contributed by atoms with Crippen molar-refractivity contribution in [3.8, 4) is 11.5 Å². The Balaban J connectivity index is 1.13. The van der Waals surface area contributed by atoms with Crippen LogP contribution in [0.15, 0.2) is 54.6 Å².